The highest BCUT2D eigenvalue weighted by Gasteiger charge is 2.25. The Morgan fingerprint density at radius 2 is 1.85 bits per heavy atom. The average Bonchev–Trinajstić information content (AvgIpc) is 3.03. The van der Waals surface area contributed by atoms with Crippen molar-refractivity contribution in [3.63, 3.8) is 0 Å². The van der Waals surface area contributed by atoms with Crippen molar-refractivity contribution in [3.05, 3.63) is 31.9 Å². The number of halogens is 1. The fourth-order valence-electron chi connectivity index (χ4n) is 3.38. The van der Waals surface area contributed by atoms with E-state index in [-0.39, 0.29) is 12.2 Å². The van der Waals surface area contributed by atoms with Gasteiger partial charge in [-0.2, -0.15) is 4.98 Å². The van der Waals surface area contributed by atoms with Crippen LogP contribution in [0.5, 0.6) is 0 Å². The zero-order valence-corrected chi connectivity index (χ0v) is 16.6. The Kier molecular flexibility index (Phi) is 5.73. The summed E-state index contributed by atoms with van der Waals surface area (Å²) in [5, 5.41) is 9.74. The van der Waals surface area contributed by atoms with Crippen molar-refractivity contribution in [1.82, 2.24) is 23.6 Å². The number of aryl methyl sites for hydroxylation is 1. The lowest BCUT2D eigenvalue weighted by Gasteiger charge is -2.35. The van der Waals surface area contributed by atoms with E-state index in [9.17, 15) is 9.59 Å². The highest BCUT2D eigenvalue weighted by molar-refractivity contribution is 6.29. The van der Waals surface area contributed by atoms with Crippen LogP contribution in [0.1, 0.15) is 6.92 Å². The molecule has 0 spiro atoms. The van der Waals surface area contributed by atoms with Gasteiger partial charge in [0.25, 0.3) is 5.56 Å². The first kappa shape index (κ1) is 19.7. The highest BCUT2D eigenvalue weighted by Crippen LogP contribution is 2.21. The van der Waals surface area contributed by atoms with Gasteiger partial charge in [0.2, 0.25) is 5.95 Å². The fourth-order valence-corrected chi connectivity index (χ4v) is 3.45. The normalized spacial score (nSPS) is 16.5. The van der Waals surface area contributed by atoms with E-state index in [1.165, 1.54) is 11.6 Å². The molecule has 3 rings (SSSR count). The first-order chi connectivity index (χ1) is 12.8. The standard InChI is InChI=1S/C17H25ClN6O3/c1-12(18)4-5-24-13-14(20(2)17(27)21(3)15(13)26)19-16(24)23-8-6-22(7-9-23)10-11-25/h4,25H,5-11H2,1-3H3/b12-4-. The fraction of sp³-hybridized carbons (Fsp3) is 0.588. The number of allylic oxidation sites excluding steroid dienone is 2. The van der Waals surface area contributed by atoms with Gasteiger partial charge < -0.3 is 14.6 Å². The van der Waals surface area contributed by atoms with Gasteiger partial charge in [0.05, 0.1) is 6.61 Å². The monoisotopic (exact) mass is 396 g/mol. The lowest BCUT2D eigenvalue weighted by Crippen LogP contribution is -2.48. The number of aliphatic hydroxyl groups is 1. The number of rotatable bonds is 5. The predicted molar refractivity (Wildman–Crippen MR) is 106 cm³/mol. The highest BCUT2D eigenvalue weighted by atomic mass is 35.5. The molecule has 1 aliphatic rings. The van der Waals surface area contributed by atoms with Crippen LogP contribution in [-0.4, -0.2) is 68.0 Å². The van der Waals surface area contributed by atoms with Crippen molar-refractivity contribution < 1.29 is 5.11 Å². The van der Waals surface area contributed by atoms with E-state index < -0.39 is 5.69 Å². The Morgan fingerprint density at radius 3 is 2.44 bits per heavy atom. The van der Waals surface area contributed by atoms with Gasteiger partial charge in [0.15, 0.2) is 11.2 Å². The molecular weight excluding hydrogens is 372 g/mol. The molecule has 2 aromatic rings. The third-order valence-electron chi connectivity index (χ3n) is 4.95. The van der Waals surface area contributed by atoms with Gasteiger partial charge in [-0.25, -0.2) is 4.79 Å². The molecule has 1 N–H and O–H groups in total. The number of β-amino-alcohol motifs (C(OH)–C–C–N with tert-alkyl or cyclic N) is 1. The molecule has 0 aromatic carbocycles. The molecule has 0 atom stereocenters. The Labute approximate surface area is 161 Å². The summed E-state index contributed by atoms with van der Waals surface area (Å²) < 4.78 is 4.32. The van der Waals surface area contributed by atoms with E-state index in [0.29, 0.717) is 35.2 Å². The molecule has 1 saturated heterocycles. The predicted octanol–water partition coefficient (Wildman–Crippen LogP) is -0.309. The van der Waals surface area contributed by atoms with Crippen molar-refractivity contribution in [2.45, 2.75) is 13.5 Å². The SMILES string of the molecule is C/C(Cl)=C/Cn1c(N2CCN(CCO)CC2)nc2c1c(=O)n(C)c(=O)n2C. The second-order valence-electron chi connectivity index (χ2n) is 6.74. The number of hydrogen-bond donors (Lipinski definition) is 1. The molecule has 10 heteroatoms. The van der Waals surface area contributed by atoms with Crippen LogP contribution >= 0.6 is 11.6 Å². The van der Waals surface area contributed by atoms with Gasteiger partial charge >= 0.3 is 5.69 Å². The average molecular weight is 397 g/mol. The Bertz CT molecular complexity index is 977. The molecule has 9 nitrogen and oxygen atoms in total. The van der Waals surface area contributed by atoms with E-state index in [4.69, 9.17) is 16.7 Å². The first-order valence-electron chi connectivity index (χ1n) is 8.91. The molecule has 0 radical (unpaired) electrons. The molecule has 1 fully saturated rings. The van der Waals surface area contributed by atoms with E-state index >= 15 is 0 Å². The van der Waals surface area contributed by atoms with Crippen LogP contribution in [-0.2, 0) is 20.6 Å². The van der Waals surface area contributed by atoms with Gasteiger partial charge in [-0.1, -0.05) is 17.7 Å². The van der Waals surface area contributed by atoms with Crippen LogP contribution in [0.3, 0.4) is 0 Å². The Hall–Kier alpha value is -2.10. The summed E-state index contributed by atoms with van der Waals surface area (Å²) in [6.07, 6.45) is 1.82. The summed E-state index contributed by atoms with van der Waals surface area (Å²) in [7, 11) is 3.09. The maximum absolute atomic E-state index is 12.8. The molecule has 148 valence electrons. The van der Waals surface area contributed by atoms with Gasteiger partial charge in [-0.05, 0) is 6.92 Å². The number of imidazole rings is 1. The number of aliphatic hydroxyl groups excluding tert-OH is 1. The van der Waals surface area contributed by atoms with E-state index in [1.807, 2.05) is 10.6 Å². The second kappa shape index (κ2) is 7.87. The van der Waals surface area contributed by atoms with E-state index in [0.717, 1.165) is 30.7 Å². The third-order valence-corrected chi connectivity index (χ3v) is 5.11. The van der Waals surface area contributed by atoms with Crippen LogP contribution in [0.2, 0.25) is 0 Å². The van der Waals surface area contributed by atoms with Gasteiger partial charge in [-0.15, -0.1) is 0 Å². The summed E-state index contributed by atoms with van der Waals surface area (Å²) in [4.78, 5) is 34.0. The number of aromatic nitrogens is 4. The van der Waals surface area contributed by atoms with Crippen LogP contribution < -0.4 is 16.1 Å². The quantitative estimate of drug-likeness (QED) is 0.746. The Morgan fingerprint density at radius 1 is 1.19 bits per heavy atom. The van der Waals surface area contributed by atoms with E-state index in [2.05, 4.69) is 14.8 Å². The number of piperazine rings is 1. The summed E-state index contributed by atoms with van der Waals surface area (Å²) >= 11 is 6.01. The molecular formula is C17H25ClN6O3. The molecule has 3 heterocycles. The van der Waals surface area contributed by atoms with Crippen molar-refractivity contribution in [2.24, 2.45) is 14.1 Å². The second-order valence-corrected chi connectivity index (χ2v) is 7.34. The molecule has 0 saturated carbocycles. The number of anilines is 1. The number of nitrogens with zero attached hydrogens (tertiary/aromatic N) is 6. The van der Waals surface area contributed by atoms with Crippen molar-refractivity contribution in [3.8, 4) is 0 Å². The Balaban J connectivity index is 2.12. The molecule has 0 bridgehead atoms. The largest absolute Gasteiger partial charge is 0.395 e. The van der Waals surface area contributed by atoms with E-state index in [1.54, 1.807) is 14.0 Å². The van der Waals surface area contributed by atoms with Crippen molar-refractivity contribution >= 4 is 28.7 Å². The van der Waals surface area contributed by atoms with Crippen LogP contribution in [0.4, 0.5) is 5.95 Å². The molecule has 2 aromatic heterocycles. The first-order valence-corrected chi connectivity index (χ1v) is 9.29. The van der Waals surface area contributed by atoms with Crippen LogP contribution in [0, 0.1) is 0 Å². The number of hydrogen-bond acceptors (Lipinski definition) is 6. The van der Waals surface area contributed by atoms with Gasteiger partial charge in [0.1, 0.15) is 0 Å². The van der Waals surface area contributed by atoms with Crippen molar-refractivity contribution in [1.29, 1.82) is 0 Å². The lowest BCUT2D eigenvalue weighted by molar-refractivity contribution is 0.188. The zero-order valence-electron chi connectivity index (χ0n) is 15.9. The third kappa shape index (κ3) is 3.67. The molecule has 0 unspecified atom stereocenters. The maximum Gasteiger partial charge on any atom is 0.332 e. The minimum absolute atomic E-state index is 0.135. The lowest BCUT2D eigenvalue weighted by atomic mass is 10.3. The minimum Gasteiger partial charge on any atom is -0.395 e. The molecule has 0 aliphatic carbocycles. The molecule has 1 aliphatic heterocycles. The van der Waals surface area contributed by atoms with Crippen molar-refractivity contribution in [2.75, 3.05) is 44.2 Å². The van der Waals surface area contributed by atoms with Crippen LogP contribution in [0.15, 0.2) is 20.7 Å². The maximum atomic E-state index is 12.8. The summed E-state index contributed by atoms with van der Waals surface area (Å²) in [6, 6.07) is 0. The minimum atomic E-state index is -0.402. The molecule has 0 amide bonds. The summed E-state index contributed by atoms with van der Waals surface area (Å²) in [5.74, 6) is 0.654. The van der Waals surface area contributed by atoms with Gasteiger partial charge in [-0.3, -0.25) is 18.8 Å². The topological polar surface area (TPSA) is 88.5 Å². The molecule has 27 heavy (non-hydrogen) atoms. The zero-order chi connectivity index (χ0) is 19.7. The smallest absolute Gasteiger partial charge is 0.332 e. The van der Waals surface area contributed by atoms with Gasteiger partial charge in [0, 0.05) is 58.4 Å². The number of fused-ring (bicyclic) bond motifs is 1. The van der Waals surface area contributed by atoms with Crippen LogP contribution in [0.25, 0.3) is 11.2 Å². The summed E-state index contributed by atoms with van der Waals surface area (Å²) in [6.45, 7) is 6.00. The summed E-state index contributed by atoms with van der Waals surface area (Å²) in [5.41, 5.74) is -0.00927.